The molecule has 126 valence electrons. The average molecular weight is 397 g/mol. The number of carbonyl (C=O) groups is 1. The molecule has 0 atom stereocenters. The number of hydrogen-bond donors (Lipinski definition) is 1. The summed E-state index contributed by atoms with van der Waals surface area (Å²) in [5.41, 5.74) is 4.23. The number of fused-ring (bicyclic) bond motifs is 1. The number of hydrogen-bond acceptors (Lipinski definition) is 3. The number of halogens is 1. The molecule has 25 heavy (non-hydrogen) atoms. The number of nitrogens with zero attached hydrogens (tertiary/aromatic N) is 1. The Labute approximate surface area is 154 Å². The minimum atomic E-state index is -0.303. The average Bonchev–Trinajstić information content (AvgIpc) is 2.65. The van der Waals surface area contributed by atoms with Crippen molar-refractivity contribution in [3.63, 3.8) is 0 Å². The fourth-order valence-electron chi connectivity index (χ4n) is 2.34. The molecule has 0 radical (unpaired) electrons. The van der Waals surface area contributed by atoms with Gasteiger partial charge in [-0.25, -0.2) is 5.43 Å². The zero-order valence-corrected chi connectivity index (χ0v) is 15.3. The molecule has 0 aliphatic heterocycles. The van der Waals surface area contributed by atoms with Gasteiger partial charge in [0.1, 0.15) is 5.75 Å². The molecule has 0 aliphatic rings. The van der Waals surface area contributed by atoms with E-state index < -0.39 is 0 Å². The van der Waals surface area contributed by atoms with Gasteiger partial charge in [0.15, 0.2) is 6.61 Å². The second kappa shape index (κ2) is 7.94. The highest BCUT2D eigenvalue weighted by Crippen LogP contribution is 2.17. The first kappa shape index (κ1) is 17.2. The van der Waals surface area contributed by atoms with Crippen LogP contribution in [0.25, 0.3) is 10.8 Å². The highest BCUT2D eigenvalue weighted by atomic mass is 79.9. The van der Waals surface area contributed by atoms with Crippen molar-refractivity contribution < 1.29 is 9.53 Å². The first-order valence-electron chi connectivity index (χ1n) is 7.82. The Bertz CT molecular complexity index is 920. The Kier molecular flexibility index (Phi) is 5.46. The number of rotatable bonds is 5. The van der Waals surface area contributed by atoms with Gasteiger partial charge in [-0.2, -0.15) is 5.10 Å². The van der Waals surface area contributed by atoms with E-state index in [0.717, 1.165) is 21.1 Å². The molecule has 0 aromatic heterocycles. The lowest BCUT2D eigenvalue weighted by atomic mass is 10.0. The van der Waals surface area contributed by atoms with Crippen LogP contribution in [0.15, 0.2) is 76.3 Å². The van der Waals surface area contributed by atoms with Crippen molar-refractivity contribution in [1.82, 2.24) is 5.43 Å². The summed E-state index contributed by atoms with van der Waals surface area (Å²) in [6.45, 7) is 1.77. The van der Waals surface area contributed by atoms with Crippen molar-refractivity contribution in [2.75, 3.05) is 6.61 Å². The van der Waals surface area contributed by atoms with Crippen LogP contribution in [0.1, 0.15) is 12.5 Å². The molecule has 3 aromatic rings. The molecule has 1 N–H and O–H groups in total. The van der Waals surface area contributed by atoms with E-state index in [9.17, 15) is 4.79 Å². The fraction of sp³-hybridized carbons (Fsp3) is 0.100. The second-order valence-electron chi connectivity index (χ2n) is 5.54. The van der Waals surface area contributed by atoms with Crippen molar-refractivity contribution in [2.45, 2.75) is 6.92 Å². The topological polar surface area (TPSA) is 50.7 Å². The Balaban J connectivity index is 1.59. The third kappa shape index (κ3) is 4.67. The molecule has 0 bridgehead atoms. The van der Waals surface area contributed by atoms with Crippen LogP contribution < -0.4 is 10.2 Å². The number of ether oxygens (including phenoxy) is 1. The smallest absolute Gasteiger partial charge is 0.277 e. The first-order valence-corrected chi connectivity index (χ1v) is 8.62. The summed E-state index contributed by atoms with van der Waals surface area (Å²) in [4.78, 5) is 11.9. The number of nitrogens with one attached hydrogen (secondary N) is 1. The van der Waals surface area contributed by atoms with Gasteiger partial charge in [0.05, 0.1) is 5.71 Å². The summed E-state index contributed by atoms with van der Waals surface area (Å²) >= 11 is 3.35. The van der Waals surface area contributed by atoms with Gasteiger partial charge in [0.25, 0.3) is 5.91 Å². The summed E-state index contributed by atoms with van der Waals surface area (Å²) in [6, 6.07) is 21.5. The van der Waals surface area contributed by atoms with Gasteiger partial charge in [-0.1, -0.05) is 52.3 Å². The van der Waals surface area contributed by atoms with Crippen LogP contribution in [-0.4, -0.2) is 18.2 Å². The lowest BCUT2D eigenvalue weighted by molar-refractivity contribution is -0.123. The Morgan fingerprint density at radius 2 is 1.76 bits per heavy atom. The van der Waals surface area contributed by atoms with Gasteiger partial charge in [0.2, 0.25) is 0 Å². The lowest BCUT2D eigenvalue weighted by Gasteiger charge is -2.06. The van der Waals surface area contributed by atoms with E-state index in [2.05, 4.69) is 44.7 Å². The van der Waals surface area contributed by atoms with E-state index in [1.165, 1.54) is 5.39 Å². The molecule has 3 aromatic carbocycles. The summed E-state index contributed by atoms with van der Waals surface area (Å²) in [5.74, 6) is 0.330. The van der Waals surface area contributed by atoms with Gasteiger partial charge in [-0.15, -0.1) is 0 Å². The first-order chi connectivity index (χ1) is 12.1. The quantitative estimate of drug-likeness (QED) is 0.508. The number of amides is 1. The summed E-state index contributed by atoms with van der Waals surface area (Å²) in [7, 11) is 0. The van der Waals surface area contributed by atoms with Crippen LogP contribution >= 0.6 is 15.9 Å². The zero-order chi connectivity index (χ0) is 17.6. The summed E-state index contributed by atoms with van der Waals surface area (Å²) < 4.78 is 6.37. The maximum absolute atomic E-state index is 11.9. The molecule has 0 spiro atoms. The van der Waals surface area contributed by atoms with E-state index in [0.29, 0.717) is 5.75 Å². The largest absolute Gasteiger partial charge is 0.484 e. The van der Waals surface area contributed by atoms with Crippen molar-refractivity contribution in [2.24, 2.45) is 5.10 Å². The molecule has 0 unspecified atom stereocenters. The summed E-state index contributed by atoms with van der Waals surface area (Å²) in [5, 5.41) is 6.47. The molecule has 1 amide bonds. The van der Waals surface area contributed by atoms with Gasteiger partial charge in [0, 0.05) is 4.47 Å². The maximum Gasteiger partial charge on any atom is 0.277 e. The van der Waals surface area contributed by atoms with E-state index in [1.54, 1.807) is 12.1 Å². The van der Waals surface area contributed by atoms with Crippen LogP contribution in [0, 0.1) is 0 Å². The normalized spacial score (nSPS) is 11.4. The van der Waals surface area contributed by atoms with Crippen LogP contribution in [-0.2, 0) is 4.79 Å². The number of hydrazone groups is 1. The van der Waals surface area contributed by atoms with E-state index >= 15 is 0 Å². The predicted octanol–water partition coefficient (Wildman–Crippen LogP) is 4.52. The van der Waals surface area contributed by atoms with Crippen molar-refractivity contribution in [3.8, 4) is 5.75 Å². The number of benzene rings is 3. The van der Waals surface area contributed by atoms with Crippen molar-refractivity contribution in [3.05, 3.63) is 76.8 Å². The van der Waals surface area contributed by atoms with Gasteiger partial charge in [-0.3, -0.25) is 4.79 Å². The summed E-state index contributed by atoms with van der Waals surface area (Å²) in [6.07, 6.45) is 0. The fourth-order valence-corrected chi connectivity index (χ4v) is 2.60. The Hall–Kier alpha value is -2.66. The molecular formula is C20H17BrN2O2. The molecule has 0 heterocycles. The third-order valence-electron chi connectivity index (χ3n) is 3.70. The molecule has 4 nitrogen and oxygen atoms in total. The third-order valence-corrected chi connectivity index (χ3v) is 4.23. The van der Waals surface area contributed by atoms with E-state index in [-0.39, 0.29) is 12.5 Å². The second-order valence-corrected chi connectivity index (χ2v) is 6.45. The predicted molar refractivity (Wildman–Crippen MR) is 104 cm³/mol. The molecular weight excluding hydrogens is 380 g/mol. The standard InChI is InChI=1S/C20H17BrN2O2/c1-14(16-7-6-15-4-2-3-5-17(15)12-16)22-23-20(24)13-25-19-10-8-18(21)9-11-19/h2-12H,13H2,1H3,(H,23,24). The molecule has 0 fully saturated rings. The van der Waals surface area contributed by atoms with Crippen molar-refractivity contribution in [1.29, 1.82) is 0 Å². The lowest BCUT2D eigenvalue weighted by Crippen LogP contribution is -2.25. The minimum absolute atomic E-state index is 0.0872. The maximum atomic E-state index is 11.9. The molecule has 3 rings (SSSR count). The van der Waals surface area contributed by atoms with Crippen LogP contribution in [0.5, 0.6) is 5.75 Å². The van der Waals surface area contributed by atoms with Crippen molar-refractivity contribution >= 4 is 38.3 Å². The van der Waals surface area contributed by atoms with Gasteiger partial charge < -0.3 is 4.74 Å². The minimum Gasteiger partial charge on any atom is -0.484 e. The number of carbonyl (C=O) groups excluding carboxylic acids is 1. The van der Waals surface area contributed by atoms with Crippen LogP contribution in [0.4, 0.5) is 0 Å². The van der Waals surface area contributed by atoms with E-state index in [1.807, 2.05) is 43.3 Å². The van der Waals surface area contributed by atoms with E-state index in [4.69, 9.17) is 4.74 Å². The van der Waals surface area contributed by atoms with Gasteiger partial charge in [-0.05, 0) is 53.6 Å². The molecule has 0 aliphatic carbocycles. The molecule has 0 saturated carbocycles. The SMILES string of the molecule is CC(=NNC(=O)COc1ccc(Br)cc1)c1ccc2ccccc2c1. The monoisotopic (exact) mass is 396 g/mol. The zero-order valence-electron chi connectivity index (χ0n) is 13.7. The highest BCUT2D eigenvalue weighted by molar-refractivity contribution is 9.10. The van der Waals surface area contributed by atoms with Crippen LogP contribution in [0.2, 0.25) is 0 Å². The molecule has 0 saturated heterocycles. The van der Waals surface area contributed by atoms with Crippen LogP contribution in [0.3, 0.4) is 0 Å². The Morgan fingerprint density at radius 3 is 2.52 bits per heavy atom. The van der Waals surface area contributed by atoms with Gasteiger partial charge >= 0.3 is 0 Å². The Morgan fingerprint density at radius 1 is 1.04 bits per heavy atom. The molecule has 5 heteroatoms. The highest BCUT2D eigenvalue weighted by Gasteiger charge is 2.04.